The van der Waals surface area contributed by atoms with Gasteiger partial charge in [-0.05, 0) is 37.1 Å². The minimum atomic E-state index is -0.330. The molecule has 1 heterocycles. The highest BCUT2D eigenvalue weighted by Gasteiger charge is 2.29. The van der Waals surface area contributed by atoms with Crippen LogP contribution in [0.5, 0.6) is 0 Å². The second kappa shape index (κ2) is 7.08. The van der Waals surface area contributed by atoms with Gasteiger partial charge in [-0.25, -0.2) is 9.37 Å². The number of nitrogens with one attached hydrogen (secondary N) is 1. The van der Waals surface area contributed by atoms with Crippen molar-refractivity contribution in [1.29, 1.82) is 0 Å². The Bertz CT molecular complexity index is 945. The van der Waals surface area contributed by atoms with Crippen molar-refractivity contribution >= 4 is 28.5 Å². The molecule has 134 valence electrons. The molecule has 1 aliphatic rings. The van der Waals surface area contributed by atoms with Gasteiger partial charge in [0.05, 0.1) is 17.6 Å². The van der Waals surface area contributed by atoms with Crippen LogP contribution in [0.15, 0.2) is 42.5 Å². The molecule has 26 heavy (non-hydrogen) atoms. The number of rotatable bonds is 6. The van der Waals surface area contributed by atoms with Crippen molar-refractivity contribution in [2.45, 2.75) is 25.8 Å². The molecule has 0 bridgehead atoms. The van der Waals surface area contributed by atoms with E-state index in [4.69, 9.17) is 11.6 Å². The molecule has 0 spiro atoms. The van der Waals surface area contributed by atoms with Gasteiger partial charge in [0.1, 0.15) is 11.6 Å². The van der Waals surface area contributed by atoms with Gasteiger partial charge in [-0.2, -0.15) is 0 Å². The number of hydrogen-bond acceptors (Lipinski definition) is 2. The fourth-order valence-electron chi connectivity index (χ4n) is 3.12. The van der Waals surface area contributed by atoms with Crippen LogP contribution in [0.4, 0.5) is 4.39 Å². The van der Waals surface area contributed by atoms with Gasteiger partial charge < -0.3 is 9.88 Å². The fraction of sp³-hybridized carbons (Fsp3) is 0.300. The van der Waals surface area contributed by atoms with Gasteiger partial charge >= 0.3 is 0 Å². The summed E-state index contributed by atoms with van der Waals surface area (Å²) < 4.78 is 16.2. The number of para-hydroxylation sites is 2. The number of carbonyl (C=O) groups excluding carboxylic acids is 1. The van der Waals surface area contributed by atoms with E-state index in [-0.39, 0.29) is 17.6 Å². The highest BCUT2D eigenvalue weighted by Crippen LogP contribution is 2.28. The topological polar surface area (TPSA) is 46.9 Å². The molecule has 2 aromatic carbocycles. The Morgan fingerprint density at radius 1 is 1.23 bits per heavy atom. The monoisotopic (exact) mass is 371 g/mol. The van der Waals surface area contributed by atoms with Gasteiger partial charge in [0, 0.05) is 29.5 Å². The highest BCUT2D eigenvalue weighted by atomic mass is 35.5. The lowest BCUT2D eigenvalue weighted by Crippen LogP contribution is -2.27. The summed E-state index contributed by atoms with van der Waals surface area (Å²) >= 11 is 6.21. The Balaban J connectivity index is 1.62. The van der Waals surface area contributed by atoms with E-state index in [0.717, 1.165) is 29.7 Å². The molecular formula is C20H19ClFN3O. The SMILES string of the molecule is O=C(NCCc1nc2ccccc2n1Cc1c(F)cccc1Cl)C1CC1. The van der Waals surface area contributed by atoms with E-state index in [1.807, 2.05) is 28.8 Å². The maximum Gasteiger partial charge on any atom is 0.223 e. The zero-order valence-electron chi connectivity index (χ0n) is 14.2. The van der Waals surface area contributed by atoms with Crippen molar-refractivity contribution < 1.29 is 9.18 Å². The number of carbonyl (C=O) groups is 1. The van der Waals surface area contributed by atoms with Gasteiger partial charge in [-0.1, -0.05) is 29.8 Å². The summed E-state index contributed by atoms with van der Waals surface area (Å²) in [5.41, 5.74) is 2.22. The average Bonchev–Trinajstić information content (AvgIpc) is 3.42. The molecular weight excluding hydrogens is 353 g/mol. The summed E-state index contributed by atoms with van der Waals surface area (Å²) in [7, 11) is 0. The molecule has 1 aliphatic carbocycles. The fourth-order valence-corrected chi connectivity index (χ4v) is 3.34. The van der Waals surface area contributed by atoms with Crippen LogP contribution in [0.25, 0.3) is 11.0 Å². The summed E-state index contributed by atoms with van der Waals surface area (Å²) in [5, 5.41) is 3.36. The van der Waals surface area contributed by atoms with E-state index >= 15 is 0 Å². The van der Waals surface area contributed by atoms with E-state index in [0.29, 0.717) is 30.1 Å². The largest absolute Gasteiger partial charge is 0.355 e. The first kappa shape index (κ1) is 17.0. The zero-order chi connectivity index (χ0) is 18.1. The van der Waals surface area contributed by atoms with Crippen molar-refractivity contribution in [3.8, 4) is 0 Å². The van der Waals surface area contributed by atoms with Gasteiger partial charge in [0.15, 0.2) is 0 Å². The standard InChI is InChI=1S/C20H19ClFN3O/c21-15-4-3-5-16(22)14(15)12-25-18-7-2-1-6-17(18)24-19(25)10-11-23-20(26)13-8-9-13/h1-7,13H,8-12H2,(H,23,26). The Hall–Kier alpha value is -2.40. The maximum atomic E-state index is 14.3. The normalized spacial score (nSPS) is 13.9. The van der Waals surface area contributed by atoms with Crippen molar-refractivity contribution in [2.75, 3.05) is 6.54 Å². The van der Waals surface area contributed by atoms with E-state index in [1.165, 1.54) is 6.07 Å². The molecule has 0 radical (unpaired) electrons. The lowest BCUT2D eigenvalue weighted by molar-refractivity contribution is -0.122. The number of halogens is 2. The van der Waals surface area contributed by atoms with Crippen LogP contribution in [0.1, 0.15) is 24.2 Å². The summed E-state index contributed by atoms with van der Waals surface area (Å²) in [5.74, 6) is 0.778. The number of aromatic nitrogens is 2. The molecule has 0 atom stereocenters. The molecule has 4 rings (SSSR count). The molecule has 1 fully saturated rings. The smallest absolute Gasteiger partial charge is 0.223 e. The Morgan fingerprint density at radius 3 is 2.81 bits per heavy atom. The molecule has 1 saturated carbocycles. The van der Waals surface area contributed by atoms with Crippen LogP contribution < -0.4 is 5.32 Å². The summed E-state index contributed by atoms with van der Waals surface area (Å²) in [4.78, 5) is 16.5. The van der Waals surface area contributed by atoms with Gasteiger partial charge in [0.25, 0.3) is 0 Å². The van der Waals surface area contributed by atoms with E-state index in [9.17, 15) is 9.18 Å². The van der Waals surface area contributed by atoms with E-state index in [1.54, 1.807) is 12.1 Å². The number of amides is 1. The van der Waals surface area contributed by atoms with Crippen LogP contribution in [0, 0.1) is 11.7 Å². The molecule has 1 aromatic heterocycles. The summed E-state index contributed by atoms with van der Waals surface area (Å²) in [6, 6.07) is 12.5. The minimum Gasteiger partial charge on any atom is -0.355 e. The average molecular weight is 372 g/mol. The molecule has 4 nitrogen and oxygen atoms in total. The zero-order valence-corrected chi connectivity index (χ0v) is 15.0. The first-order valence-electron chi connectivity index (χ1n) is 8.78. The quantitative estimate of drug-likeness (QED) is 0.713. The lowest BCUT2D eigenvalue weighted by atomic mass is 10.2. The minimum absolute atomic E-state index is 0.116. The van der Waals surface area contributed by atoms with Crippen LogP contribution in [-0.2, 0) is 17.8 Å². The lowest BCUT2D eigenvalue weighted by Gasteiger charge is -2.12. The maximum absolute atomic E-state index is 14.3. The Morgan fingerprint density at radius 2 is 2.04 bits per heavy atom. The molecule has 0 saturated heterocycles. The second-order valence-corrected chi connectivity index (χ2v) is 7.03. The van der Waals surface area contributed by atoms with Crippen molar-refractivity contribution in [2.24, 2.45) is 5.92 Å². The van der Waals surface area contributed by atoms with Crippen molar-refractivity contribution in [3.05, 3.63) is 64.7 Å². The third kappa shape index (κ3) is 3.44. The summed E-state index contributed by atoms with van der Waals surface area (Å²) in [6.45, 7) is 0.821. The first-order valence-corrected chi connectivity index (χ1v) is 9.16. The van der Waals surface area contributed by atoms with Crippen LogP contribution in [0.2, 0.25) is 5.02 Å². The van der Waals surface area contributed by atoms with Crippen molar-refractivity contribution in [3.63, 3.8) is 0 Å². The first-order chi connectivity index (χ1) is 12.6. The summed E-state index contributed by atoms with van der Waals surface area (Å²) in [6.07, 6.45) is 2.55. The van der Waals surface area contributed by atoms with E-state index < -0.39 is 0 Å². The number of nitrogens with zero attached hydrogens (tertiary/aromatic N) is 2. The molecule has 0 aliphatic heterocycles. The van der Waals surface area contributed by atoms with Crippen LogP contribution in [0.3, 0.4) is 0 Å². The highest BCUT2D eigenvalue weighted by molar-refractivity contribution is 6.31. The third-order valence-electron chi connectivity index (χ3n) is 4.71. The molecule has 6 heteroatoms. The molecule has 0 unspecified atom stereocenters. The van der Waals surface area contributed by atoms with Crippen molar-refractivity contribution in [1.82, 2.24) is 14.9 Å². The Labute approximate surface area is 156 Å². The van der Waals surface area contributed by atoms with Gasteiger partial charge in [-0.3, -0.25) is 4.79 Å². The van der Waals surface area contributed by atoms with E-state index in [2.05, 4.69) is 10.3 Å². The molecule has 1 amide bonds. The van der Waals surface area contributed by atoms with Gasteiger partial charge in [0.2, 0.25) is 5.91 Å². The number of hydrogen-bond donors (Lipinski definition) is 1. The molecule has 1 N–H and O–H groups in total. The van der Waals surface area contributed by atoms with Crippen LogP contribution >= 0.6 is 11.6 Å². The number of fused-ring (bicyclic) bond motifs is 1. The Kier molecular flexibility index (Phi) is 4.64. The number of imidazole rings is 1. The predicted octanol–water partition coefficient (Wildman–Crippen LogP) is 3.95. The third-order valence-corrected chi connectivity index (χ3v) is 5.06. The van der Waals surface area contributed by atoms with Gasteiger partial charge in [-0.15, -0.1) is 0 Å². The second-order valence-electron chi connectivity index (χ2n) is 6.62. The molecule has 3 aromatic rings. The number of benzene rings is 2. The van der Waals surface area contributed by atoms with Crippen LogP contribution in [-0.4, -0.2) is 22.0 Å². The predicted molar refractivity (Wildman–Crippen MR) is 99.7 cm³/mol.